The van der Waals surface area contributed by atoms with Crippen LogP contribution in [0.2, 0.25) is 0 Å². The minimum Gasteiger partial charge on any atom is -0.493 e. The first-order valence-electron chi connectivity index (χ1n) is 8.59. The molecule has 0 unspecified atom stereocenters. The maximum Gasteiger partial charge on any atom is 0.333 e. The number of nitrogens with zero attached hydrogens (tertiary/aromatic N) is 2. The number of benzene rings is 2. The van der Waals surface area contributed by atoms with E-state index >= 15 is 0 Å². The number of aromatic nitrogens is 2. The molecular weight excluding hydrogens is 415 g/mol. The fraction of sp³-hybridized carbons (Fsp3) is 0.105. The van der Waals surface area contributed by atoms with Crippen LogP contribution in [-0.4, -0.2) is 34.6 Å². The van der Waals surface area contributed by atoms with E-state index < -0.39 is 39.1 Å². The summed E-state index contributed by atoms with van der Waals surface area (Å²) in [5.74, 6) is -1.43. The second kappa shape index (κ2) is 8.49. The largest absolute Gasteiger partial charge is 0.493 e. The monoisotopic (exact) mass is 430 g/mol. The first kappa shape index (κ1) is 21.2. The smallest absolute Gasteiger partial charge is 0.333 e. The van der Waals surface area contributed by atoms with Gasteiger partial charge in [-0.1, -0.05) is 0 Å². The van der Waals surface area contributed by atoms with Gasteiger partial charge in [0.2, 0.25) is 5.82 Å². The molecule has 0 atom stereocenters. The lowest BCUT2D eigenvalue weighted by molar-refractivity contribution is -0.387. The average molecular weight is 430 g/mol. The highest BCUT2D eigenvalue weighted by Gasteiger charge is 2.19. The van der Waals surface area contributed by atoms with Crippen LogP contribution in [0.1, 0.15) is 10.4 Å². The van der Waals surface area contributed by atoms with E-state index in [0.29, 0.717) is 10.3 Å². The Morgan fingerprint density at radius 3 is 2.48 bits per heavy atom. The lowest BCUT2D eigenvalue weighted by atomic mass is 10.2. The number of nitrogens with one attached hydrogen (secondary N) is 2. The minimum absolute atomic E-state index is 0.107. The second-order valence-electron chi connectivity index (χ2n) is 6.06. The minimum atomic E-state index is -1.08. The standard InChI is InChI=1S/C19H15FN4O7/c1-30-15-6-4-11(8-16(15)31-2)23-18(26)12(9-21-19(23)27)17(25)22-10-3-5-13(20)14(7-10)24(28)29/h3-9H,1-2H3,(H,21,27)(H,22,25). The molecule has 1 amide bonds. The molecule has 0 aliphatic rings. The molecule has 11 nitrogen and oxygen atoms in total. The molecule has 0 aliphatic heterocycles. The van der Waals surface area contributed by atoms with Gasteiger partial charge in [0, 0.05) is 24.0 Å². The van der Waals surface area contributed by atoms with Crippen molar-refractivity contribution in [2.24, 2.45) is 0 Å². The molecule has 3 aromatic rings. The predicted molar refractivity (Wildman–Crippen MR) is 107 cm³/mol. The van der Waals surface area contributed by atoms with Gasteiger partial charge in [-0.2, -0.15) is 4.39 Å². The Kier molecular flexibility index (Phi) is 5.81. The molecular formula is C19H15FN4O7. The SMILES string of the molecule is COc1ccc(-n2c(=O)[nH]cc(C(=O)Nc3ccc(F)c([N+](=O)[O-])c3)c2=O)cc1OC. The van der Waals surface area contributed by atoms with Crippen molar-refractivity contribution in [2.75, 3.05) is 19.5 Å². The second-order valence-corrected chi connectivity index (χ2v) is 6.06. The number of H-pyrrole nitrogens is 1. The Balaban J connectivity index is 2.02. The van der Waals surface area contributed by atoms with Crippen LogP contribution in [0.15, 0.2) is 52.2 Å². The third-order valence-corrected chi connectivity index (χ3v) is 4.25. The van der Waals surface area contributed by atoms with E-state index in [4.69, 9.17) is 9.47 Å². The lowest BCUT2D eigenvalue weighted by Gasteiger charge is -2.11. The van der Waals surface area contributed by atoms with Gasteiger partial charge in [0.25, 0.3) is 11.5 Å². The normalized spacial score (nSPS) is 10.4. The van der Waals surface area contributed by atoms with E-state index in [1.165, 1.54) is 32.4 Å². The lowest BCUT2D eigenvalue weighted by Crippen LogP contribution is -2.38. The van der Waals surface area contributed by atoms with Gasteiger partial charge in [-0.15, -0.1) is 0 Å². The molecule has 0 fully saturated rings. The zero-order valence-corrected chi connectivity index (χ0v) is 16.2. The molecule has 12 heteroatoms. The summed E-state index contributed by atoms with van der Waals surface area (Å²) in [7, 11) is 2.79. The molecule has 3 rings (SSSR count). The number of hydrogen-bond donors (Lipinski definition) is 2. The number of nitro benzene ring substituents is 1. The zero-order chi connectivity index (χ0) is 22.7. The quantitative estimate of drug-likeness (QED) is 0.448. The Morgan fingerprint density at radius 2 is 1.84 bits per heavy atom. The number of carbonyl (C=O) groups excluding carboxylic acids is 1. The fourth-order valence-corrected chi connectivity index (χ4v) is 2.76. The number of amides is 1. The molecule has 0 bridgehead atoms. The van der Waals surface area contributed by atoms with Crippen molar-refractivity contribution in [1.82, 2.24) is 9.55 Å². The first-order chi connectivity index (χ1) is 14.8. The zero-order valence-electron chi connectivity index (χ0n) is 16.2. The van der Waals surface area contributed by atoms with Gasteiger partial charge in [-0.05, 0) is 24.3 Å². The number of methoxy groups -OCH3 is 2. The van der Waals surface area contributed by atoms with Crippen LogP contribution in [0.3, 0.4) is 0 Å². The highest BCUT2D eigenvalue weighted by molar-refractivity contribution is 6.04. The highest BCUT2D eigenvalue weighted by Crippen LogP contribution is 2.28. The highest BCUT2D eigenvalue weighted by atomic mass is 19.1. The van der Waals surface area contributed by atoms with Gasteiger partial charge < -0.3 is 19.8 Å². The summed E-state index contributed by atoms with van der Waals surface area (Å²) in [4.78, 5) is 49.9. The van der Waals surface area contributed by atoms with Crippen molar-refractivity contribution in [3.8, 4) is 17.2 Å². The third-order valence-electron chi connectivity index (χ3n) is 4.25. The summed E-state index contributed by atoms with van der Waals surface area (Å²) in [6, 6.07) is 6.99. The van der Waals surface area contributed by atoms with Gasteiger partial charge in [-0.3, -0.25) is 19.7 Å². The molecule has 1 heterocycles. The molecule has 0 saturated carbocycles. The summed E-state index contributed by atoms with van der Waals surface area (Å²) in [5, 5.41) is 13.1. The van der Waals surface area contributed by atoms with Crippen molar-refractivity contribution in [2.45, 2.75) is 0 Å². The summed E-state index contributed by atoms with van der Waals surface area (Å²) in [5.41, 5.74) is -3.07. The third kappa shape index (κ3) is 4.12. The molecule has 1 aromatic heterocycles. The van der Waals surface area contributed by atoms with E-state index in [-0.39, 0.29) is 17.1 Å². The van der Waals surface area contributed by atoms with Crippen molar-refractivity contribution in [3.63, 3.8) is 0 Å². The Hall–Kier alpha value is -4.48. The Bertz CT molecular complexity index is 1300. The van der Waals surface area contributed by atoms with E-state index in [1.54, 1.807) is 0 Å². The van der Waals surface area contributed by atoms with Gasteiger partial charge >= 0.3 is 11.4 Å². The molecule has 0 spiro atoms. The first-order valence-corrected chi connectivity index (χ1v) is 8.59. The number of aromatic amines is 1. The van der Waals surface area contributed by atoms with E-state index in [9.17, 15) is 28.9 Å². The predicted octanol–water partition coefficient (Wildman–Crippen LogP) is 1.84. The molecule has 160 valence electrons. The Morgan fingerprint density at radius 1 is 1.13 bits per heavy atom. The van der Waals surface area contributed by atoms with Crippen molar-refractivity contribution in [3.05, 3.63) is 84.9 Å². The number of nitro groups is 1. The number of rotatable bonds is 6. The fourth-order valence-electron chi connectivity index (χ4n) is 2.76. The van der Waals surface area contributed by atoms with Crippen LogP contribution in [0.25, 0.3) is 5.69 Å². The van der Waals surface area contributed by atoms with Crippen LogP contribution >= 0.6 is 0 Å². The van der Waals surface area contributed by atoms with Crippen molar-refractivity contribution in [1.29, 1.82) is 0 Å². The van der Waals surface area contributed by atoms with Crippen molar-refractivity contribution >= 4 is 17.3 Å². The maximum absolute atomic E-state index is 13.5. The number of halogens is 1. The van der Waals surface area contributed by atoms with Gasteiger partial charge in [0.15, 0.2) is 11.5 Å². The molecule has 2 N–H and O–H groups in total. The van der Waals surface area contributed by atoms with Gasteiger partial charge in [0.05, 0.1) is 24.8 Å². The number of anilines is 1. The van der Waals surface area contributed by atoms with Gasteiger partial charge in [-0.25, -0.2) is 9.36 Å². The van der Waals surface area contributed by atoms with E-state index in [0.717, 1.165) is 24.4 Å². The molecule has 0 radical (unpaired) electrons. The molecule has 31 heavy (non-hydrogen) atoms. The topological polar surface area (TPSA) is 146 Å². The number of hydrogen-bond acceptors (Lipinski definition) is 7. The van der Waals surface area contributed by atoms with E-state index in [2.05, 4.69) is 10.3 Å². The summed E-state index contributed by atoms with van der Waals surface area (Å²) < 4.78 is 24.5. The van der Waals surface area contributed by atoms with Crippen LogP contribution in [0.4, 0.5) is 15.8 Å². The van der Waals surface area contributed by atoms with Crippen LogP contribution in [0, 0.1) is 15.9 Å². The molecule has 2 aromatic carbocycles. The summed E-state index contributed by atoms with van der Waals surface area (Å²) in [6.45, 7) is 0. The summed E-state index contributed by atoms with van der Waals surface area (Å²) in [6.07, 6.45) is 0.912. The van der Waals surface area contributed by atoms with Crippen LogP contribution < -0.4 is 26.0 Å². The van der Waals surface area contributed by atoms with Crippen LogP contribution in [0.5, 0.6) is 11.5 Å². The number of carbonyl (C=O) groups is 1. The van der Waals surface area contributed by atoms with Crippen LogP contribution in [-0.2, 0) is 0 Å². The summed E-state index contributed by atoms with van der Waals surface area (Å²) >= 11 is 0. The molecule has 0 aliphatic carbocycles. The van der Waals surface area contributed by atoms with Gasteiger partial charge in [0.1, 0.15) is 5.56 Å². The average Bonchev–Trinajstić information content (AvgIpc) is 2.74. The van der Waals surface area contributed by atoms with Crippen molar-refractivity contribution < 1.29 is 23.6 Å². The molecule has 0 saturated heterocycles. The Labute approximate surface area is 172 Å². The maximum atomic E-state index is 13.5. The van der Waals surface area contributed by atoms with E-state index in [1.807, 2.05) is 0 Å². The number of ether oxygens (including phenoxy) is 2.